The summed E-state index contributed by atoms with van der Waals surface area (Å²) in [5.74, 6) is 0.0863. The predicted molar refractivity (Wildman–Crippen MR) is 137 cm³/mol. The fourth-order valence-corrected chi connectivity index (χ4v) is 4.82. The second-order valence-electron chi connectivity index (χ2n) is 10.1. The Morgan fingerprint density at radius 2 is 1.23 bits per heavy atom. The average molecular weight is 521 g/mol. The maximum Gasteiger partial charge on any atom is 0.474 e. The topological polar surface area (TPSA) is 112 Å². The second kappa shape index (κ2) is 19.0. The lowest BCUT2D eigenvalue weighted by Gasteiger charge is -2.19. The lowest BCUT2D eigenvalue weighted by Crippen LogP contribution is -2.34. The number of alkyl carbamates (subject to hydrolysis) is 1. The number of carbonyl (C=O) groups excluding carboxylic acids is 2. The Hall–Kier alpha value is -1.15. The van der Waals surface area contributed by atoms with Crippen molar-refractivity contribution in [3.8, 4) is 0 Å². The van der Waals surface area contributed by atoms with E-state index in [-0.39, 0.29) is 5.91 Å². The van der Waals surface area contributed by atoms with Crippen molar-refractivity contribution in [1.29, 1.82) is 0 Å². The molecule has 2 N–H and O–H groups in total. The maximum atomic E-state index is 11.9. The zero-order valence-corrected chi connectivity index (χ0v) is 23.1. The molecule has 9 nitrogen and oxygen atoms in total. The third kappa shape index (κ3) is 19.7. The van der Waals surface area contributed by atoms with Crippen LogP contribution in [0.3, 0.4) is 0 Å². The highest BCUT2D eigenvalue weighted by Crippen LogP contribution is 2.52. The summed E-state index contributed by atoms with van der Waals surface area (Å²) in [6, 6.07) is 0. The highest BCUT2D eigenvalue weighted by molar-refractivity contribution is 7.48. The van der Waals surface area contributed by atoms with E-state index in [1.54, 1.807) is 0 Å². The molecule has 0 aromatic heterocycles. The standard InChI is InChI=1S/C25H49N2O7P/c1-25(2,3)34-24(29)27-19-16-18-26-23(28)17-14-12-10-8-6-4-5-7-9-11-13-15-20-31-35(30)32-21-22-33-35/h4-22H2,1-3H3,(H,26,28)(H,27,29). The molecule has 0 saturated carbocycles. The molecule has 35 heavy (non-hydrogen) atoms. The number of rotatable bonds is 20. The van der Waals surface area contributed by atoms with E-state index in [4.69, 9.17) is 18.3 Å². The number of hydrogen-bond acceptors (Lipinski definition) is 7. The highest BCUT2D eigenvalue weighted by Gasteiger charge is 2.31. The van der Waals surface area contributed by atoms with Crippen LogP contribution in [0.15, 0.2) is 0 Å². The number of ether oxygens (including phenoxy) is 1. The fraction of sp³-hybridized carbons (Fsp3) is 0.920. The summed E-state index contributed by atoms with van der Waals surface area (Å²) < 4.78 is 32.1. The number of unbranched alkanes of at least 4 members (excludes halogenated alkanes) is 11. The fourth-order valence-electron chi connectivity index (χ4n) is 3.65. The van der Waals surface area contributed by atoms with Crippen LogP contribution in [0, 0.1) is 0 Å². The van der Waals surface area contributed by atoms with Gasteiger partial charge in [0.05, 0.1) is 19.8 Å². The van der Waals surface area contributed by atoms with Gasteiger partial charge in [0.1, 0.15) is 5.60 Å². The van der Waals surface area contributed by atoms with Gasteiger partial charge in [-0.2, -0.15) is 0 Å². The first kappa shape index (κ1) is 31.9. The Bertz CT molecular complexity index is 615. The molecule has 0 bridgehead atoms. The van der Waals surface area contributed by atoms with Gasteiger partial charge in [0.2, 0.25) is 5.91 Å². The van der Waals surface area contributed by atoms with Crippen LogP contribution in [0.25, 0.3) is 0 Å². The Labute approximate surface area is 212 Å². The summed E-state index contributed by atoms with van der Waals surface area (Å²) in [4.78, 5) is 23.4. The largest absolute Gasteiger partial charge is 0.474 e. The van der Waals surface area contributed by atoms with E-state index in [1.807, 2.05) is 20.8 Å². The van der Waals surface area contributed by atoms with Crippen LogP contribution < -0.4 is 10.6 Å². The van der Waals surface area contributed by atoms with Crippen molar-refractivity contribution < 1.29 is 32.5 Å². The molecule has 1 heterocycles. The summed E-state index contributed by atoms with van der Waals surface area (Å²) in [7, 11) is -3.21. The molecule has 0 spiro atoms. The third-order valence-electron chi connectivity index (χ3n) is 5.47. The Morgan fingerprint density at radius 1 is 0.743 bits per heavy atom. The third-order valence-corrected chi connectivity index (χ3v) is 6.97. The summed E-state index contributed by atoms with van der Waals surface area (Å²) in [5, 5.41) is 5.59. The molecule has 0 aliphatic carbocycles. The van der Waals surface area contributed by atoms with Gasteiger partial charge in [-0.1, -0.05) is 64.2 Å². The van der Waals surface area contributed by atoms with Crippen molar-refractivity contribution in [2.45, 2.75) is 116 Å². The van der Waals surface area contributed by atoms with Crippen molar-refractivity contribution in [1.82, 2.24) is 10.6 Å². The van der Waals surface area contributed by atoms with E-state index in [2.05, 4.69) is 10.6 Å². The van der Waals surface area contributed by atoms with Gasteiger partial charge in [0, 0.05) is 19.5 Å². The molecule has 0 aromatic carbocycles. The van der Waals surface area contributed by atoms with E-state index in [9.17, 15) is 14.2 Å². The molecular weight excluding hydrogens is 471 g/mol. The van der Waals surface area contributed by atoms with E-state index in [1.165, 1.54) is 51.4 Å². The predicted octanol–water partition coefficient (Wildman–Crippen LogP) is 6.26. The first-order valence-electron chi connectivity index (χ1n) is 13.5. The Balaban J connectivity index is 1.76. The van der Waals surface area contributed by atoms with Gasteiger partial charge in [-0.25, -0.2) is 9.36 Å². The number of hydrogen-bond donors (Lipinski definition) is 2. The first-order valence-corrected chi connectivity index (χ1v) is 14.9. The maximum absolute atomic E-state index is 11.9. The van der Waals surface area contributed by atoms with Crippen LogP contribution in [0.4, 0.5) is 4.79 Å². The van der Waals surface area contributed by atoms with E-state index in [0.717, 1.165) is 25.7 Å². The molecule has 0 aromatic rings. The van der Waals surface area contributed by atoms with Crippen molar-refractivity contribution in [2.24, 2.45) is 0 Å². The molecule has 1 saturated heterocycles. The lowest BCUT2D eigenvalue weighted by molar-refractivity contribution is -0.121. The molecule has 0 radical (unpaired) electrons. The van der Waals surface area contributed by atoms with Crippen molar-refractivity contribution in [3.63, 3.8) is 0 Å². The van der Waals surface area contributed by atoms with Crippen LogP contribution in [0.2, 0.25) is 0 Å². The molecular formula is C25H49N2O7P. The van der Waals surface area contributed by atoms with Gasteiger partial charge in [0.15, 0.2) is 0 Å². The van der Waals surface area contributed by atoms with E-state index < -0.39 is 19.5 Å². The number of nitrogens with one attached hydrogen (secondary N) is 2. The molecule has 1 aliphatic heterocycles. The number of carbonyl (C=O) groups is 2. The van der Waals surface area contributed by atoms with Crippen molar-refractivity contribution in [3.05, 3.63) is 0 Å². The lowest BCUT2D eigenvalue weighted by atomic mass is 10.0. The molecule has 2 amide bonds. The molecule has 0 unspecified atom stereocenters. The van der Waals surface area contributed by atoms with Gasteiger partial charge in [-0.3, -0.25) is 18.4 Å². The van der Waals surface area contributed by atoms with E-state index >= 15 is 0 Å². The number of phosphoric acid groups is 1. The minimum absolute atomic E-state index is 0.0863. The summed E-state index contributed by atoms with van der Waals surface area (Å²) in [6.45, 7) is 7.68. The monoisotopic (exact) mass is 520 g/mol. The smallest absolute Gasteiger partial charge is 0.444 e. The molecule has 1 aliphatic rings. The number of phosphoric ester groups is 1. The van der Waals surface area contributed by atoms with Crippen LogP contribution in [-0.4, -0.2) is 50.5 Å². The summed E-state index contributed by atoms with van der Waals surface area (Å²) >= 11 is 0. The molecule has 1 fully saturated rings. The molecule has 0 atom stereocenters. The first-order chi connectivity index (χ1) is 16.7. The minimum Gasteiger partial charge on any atom is -0.444 e. The van der Waals surface area contributed by atoms with Gasteiger partial charge >= 0.3 is 13.9 Å². The summed E-state index contributed by atoms with van der Waals surface area (Å²) in [5.41, 5.74) is -0.498. The quantitative estimate of drug-likeness (QED) is 0.144. The van der Waals surface area contributed by atoms with Crippen LogP contribution in [-0.2, 0) is 27.7 Å². The molecule has 10 heteroatoms. The second-order valence-corrected chi connectivity index (χ2v) is 11.7. The highest BCUT2D eigenvalue weighted by atomic mass is 31.2. The SMILES string of the molecule is CC(C)(C)OC(=O)NCCCNC(=O)CCCCCCCCCCCCCCOP1(=O)OCCO1. The zero-order valence-electron chi connectivity index (χ0n) is 22.2. The van der Waals surface area contributed by atoms with Gasteiger partial charge in [-0.15, -0.1) is 0 Å². The minimum atomic E-state index is -3.21. The Morgan fingerprint density at radius 3 is 1.77 bits per heavy atom. The molecule has 206 valence electrons. The van der Waals surface area contributed by atoms with Crippen LogP contribution in [0.5, 0.6) is 0 Å². The summed E-state index contributed by atoms with van der Waals surface area (Å²) in [6.07, 6.45) is 14.7. The number of amides is 2. The normalized spacial score (nSPS) is 15.2. The van der Waals surface area contributed by atoms with Crippen molar-refractivity contribution >= 4 is 19.8 Å². The van der Waals surface area contributed by atoms with Gasteiger partial charge in [-0.05, 0) is 40.0 Å². The van der Waals surface area contributed by atoms with E-state index in [0.29, 0.717) is 45.8 Å². The van der Waals surface area contributed by atoms with Crippen LogP contribution >= 0.6 is 7.82 Å². The zero-order chi connectivity index (χ0) is 25.8. The van der Waals surface area contributed by atoms with Gasteiger partial charge < -0.3 is 15.4 Å². The molecule has 1 rings (SSSR count). The van der Waals surface area contributed by atoms with Crippen molar-refractivity contribution in [2.75, 3.05) is 32.9 Å². The van der Waals surface area contributed by atoms with Gasteiger partial charge in [0.25, 0.3) is 0 Å². The Kier molecular flexibility index (Phi) is 17.3. The van der Waals surface area contributed by atoms with Crippen LogP contribution in [0.1, 0.15) is 111 Å². The average Bonchev–Trinajstić information content (AvgIpc) is 3.21.